The molecule has 11 rings (SSSR count). The third kappa shape index (κ3) is 4.48. The van der Waals surface area contributed by atoms with Gasteiger partial charge < -0.3 is 13.4 Å². The van der Waals surface area contributed by atoms with Gasteiger partial charge in [0.05, 0.1) is 39.1 Å². The smallest absolute Gasteiger partial charge is 0.161 e. The molecule has 0 radical (unpaired) electrons. The summed E-state index contributed by atoms with van der Waals surface area (Å²) in [6.45, 7) is 0. The van der Waals surface area contributed by atoms with Crippen LogP contribution in [-0.4, -0.2) is 14.5 Å². The Hall–Kier alpha value is -8.00. The Morgan fingerprint density at radius 3 is 1.87 bits per heavy atom. The van der Waals surface area contributed by atoms with Crippen molar-refractivity contribution in [2.75, 3.05) is 0 Å². The first-order chi connectivity index (χ1) is 27.2. The highest BCUT2D eigenvalue weighted by Crippen LogP contribution is 2.43. The summed E-state index contributed by atoms with van der Waals surface area (Å²) in [4.78, 5) is 10.2. The maximum absolute atomic E-state index is 10.9. The van der Waals surface area contributed by atoms with Crippen molar-refractivity contribution in [2.45, 2.75) is 0 Å². The van der Waals surface area contributed by atoms with Crippen molar-refractivity contribution < 1.29 is 8.83 Å². The molecule has 0 N–H and O–H groups in total. The van der Waals surface area contributed by atoms with Crippen LogP contribution in [0.3, 0.4) is 0 Å². The third-order valence-corrected chi connectivity index (χ3v) is 10.5. The van der Waals surface area contributed by atoms with E-state index in [2.05, 4.69) is 41.0 Å². The SMILES string of the molecule is N#Cc1cc(-c2nc(-c3cccc4oc5ccccc5c34)nc(-c3ccccc3)c2C#N)ccc1-n1c2ccccc2c2ccc3oc4ccccc4c3c21. The molecule has 0 saturated carbocycles. The zero-order chi connectivity index (χ0) is 36.6. The fraction of sp³-hybridized carbons (Fsp3) is 0. The molecule has 0 fully saturated rings. The minimum Gasteiger partial charge on any atom is -0.456 e. The minimum absolute atomic E-state index is 0.319. The lowest BCUT2D eigenvalue weighted by molar-refractivity contribution is 0.668. The molecular weight excluding hydrogens is 679 g/mol. The fourth-order valence-electron chi connectivity index (χ4n) is 8.15. The Morgan fingerprint density at radius 1 is 0.491 bits per heavy atom. The highest BCUT2D eigenvalue weighted by Gasteiger charge is 2.24. The first kappa shape index (κ1) is 30.6. The van der Waals surface area contributed by atoms with E-state index in [9.17, 15) is 10.5 Å². The van der Waals surface area contributed by atoms with Crippen LogP contribution < -0.4 is 0 Å². The summed E-state index contributed by atoms with van der Waals surface area (Å²) >= 11 is 0. The largest absolute Gasteiger partial charge is 0.456 e. The van der Waals surface area contributed by atoms with E-state index >= 15 is 0 Å². The number of aromatic nitrogens is 3. The van der Waals surface area contributed by atoms with Crippen LogP contribution in [0.5, 0.6) is 0 Å². The molecule has 55 heavy (non-hydrogen) atoms. The van der Waals surface area contributed by atoms with Gasteiger partial charge in [0.25, 0.3) is 0 Å². The van der Waals surface area contributed by atoms with Gasteiger partial charge >= 0.3 is 0 Å². The van der Waals surface area contributed by atoms with Crippen LogP contribution in [0.2, 0.25) is 0 Å². The van der Waals surface area contributed by atoms with Crippen LogP contribution in [0, 0.1) is 22.7 Å². The Kier molecular flexibility index (Phi) is 6.54. The summed E-state index contributed by atoms with van der Waals surface area (Å²) in [5.41, 5.74) is 9.57. The van der Waals surface area contributed by atoms with E-state index in [4.69, 9.17) is 18.8 Å². The molecule has 7 aromatic carbocycles. The average molecular weight is 704 g/mol. The summed E-state index contributed by atoms with van der Waals surface area (Å²) in [5, 5.41) is 27.6. The van der Waals surface area contributed by atoms with Gasteiger partial charge in [0.1, 0.15) is 40.0 Å². The van der Waals surface area contributed by atoms with Gasteiger partial charge in [-0.05, 0) is 48.5 Å². The number of furan rings is 2. The van der Waals surface area contributed by atoms with E-state index in [0.717, 1.165) is 76.8 Å². The first-order valence-electron chi connectivity index (χ1n) is 17.9. The van der Waals surface area contributed by atoms with Gasteiger partial charge in [-0.3, -0.25) is 0 Å². The summed E-state index contributed by atoms with van der Waals surface area (Å²) in [6.07, 6.45) is 0. The molecule has 7 nitrogen and oxygen atoms in total. The normalized spacial score (nSPS) is 11.6. The second-order valence-corrected chi connectivity index (χ2v) is 13.5. The molecule has 0 aliphatic rings. The van der Waals surface area contributed by atoms with Gasteiger partial charge in [-0.25, -0.2) is 9.97 Å². The van der Waals surface area contributed by atoms with Crippen LogP contribution in [0.25, 0.3) is 105 Å². The Balaban J connectivity index is 1.19. The Bertz CT molecular complexity index is 3470. The van der Waals surface area contributed by atoms with Crippen molar-refractivity contribution in [2.24, 2.45) is 0 Å². The van der Waals surface area contributed by atoms with Gasteiger partial charge in [0.15, 0.2) is 5.82 Å². The second kappa shape index (κ2) is 11.8. The van der Waals surface area contributed by atoms with Crippen molar-refractivity contribution in [3.63, 3.8) is 0 Å². The predicted molar refractivity (Wildman–Crippen MR) is 217 cm³/mol. The summed E-state index contributed by atoms with van der Waals surface area (Å²) in [5.74, 6) is 0.448. The number of nitrogens with zero attached hydrogens (tertiary/aromatic N) is 5. The molecule has 7 heteroatoms. The molecule has 0 unspecified atom stereocenters. The predicted octanol–water partition coefficient (Wildman–Crippen LogP) is 12.1. The van der Waals surface area contributed by atoms with Crippen LogP contribution in [-0.2, 0) is 0 Å². The molecule has 0 aliphatic heterocycles. The molecule has 0 spiro atoms. The molecule has 0 amide bonds. The van der Waals surface area contributed by atoms with Crippen LogP contribution >= 0.6 is 0 Å². The Labute approximate surface area is 313 Å². The number of nitriles is 2. The first-order valence-corrected chi connectivity index (χ1v) is 17.9. The van der Waals surface area contributed by atoms with E-state index in [1.807, 2.05) is 127 Å². The number of rotatable bonds is 4. The topological polar surface area (TPSA) is 105 Å². The molecule has 4 heterocycles. The van der Waals surface area contributed by atoms with Gasteiger partial charge in [-0.1, -0.05) is 103 Å². The molecule has 0 atom stereocenters. The van der Waals surface area contributed by atoms with E-state index in [1.165, 1.54) is 0 Å². The zero-order valence-corrected chi connectivity index (χ0v) is 29.0. The lowest BCUT2D eigenvalue weighted by Gasteiger charge is -2.15. The van der Waals surface area contributed by atoms with Gasteiger partial charge in [0.2, 0.25) is 0 Å². The second-order valence-electron chi connectivity index (χ2n) is 13.5. The fourth-order valence-corrected chi connectivity index (χ4v) is 8.15. The maximum Gasteiger partial charge on any atom is 0.161 e. The molecule has 0 aliphatic carbocycles. The van der Waals surface area contributed by atoms with Crippen LogP contribution in [0.4, 0.5) is 0 Å². The molecule has 254 valence electrons. The zero-order valence-electron chi connectivity index (χ0n) is 29.0. The molecule has 11 aromatic rings. The number of para-hydroxylation sites is 3. The summed E-state index contributed by atoms with van der Waals surface area (Å²) in [6, 6.07) is 54.5. The number of hydrogen-bond donors (Lipinski definition) is 0. The monoisotopic (exact) mass is 703 g/mol. The van der Waals surface area contributed by atoms with Crippen molar-refractivity contribution in [1.82, 2.24) is 14.5 Å². The van der Waals surface area contributed by atoms with E-state index in [-0.39, 0.29) is 0 Å². The highest BCUT2D eigenvalue weighted by atomic mass is 16.3. The highest BCUT2D eigenvalue weighted by molar-refractivity contribution is 6.24. The standard InChI is InChI=1S/C48H25N5O2/c49-26-30-25-29(21-23-37(30)53-38-17-7-4-13-31(38)32-22-24-42-44(47(32)53)34-15-6-9-19-40(34)55-42)46-36(27-50)45(28-11-2-1-3-12-28)51-48(52-46)35-16-10-20-41-43(35)33-14-5-8-18-39(33)54-41/h1-25H. The summed E-state index contributed by atoms with van der Waals surface area (Å²) < 4.78 is 14.7. The maximum atomic E-state index is 10.9. The molecule has 0 saturated heterocycles. The van der Waals surface area contributed by atoms with Crippen molar-refractivity contribution in [1.29, 1.82) is 10.5 Å². The van der Waals surface area contributed by atoms with E-state index < -0.39 is 0 Å². The molecular formula is C48H25N5O2. The number of fused-ring (bicyclic) bond motifs is 10. The van der Waals surface area contributed by atoms with E-state index in [1.54, 1.807) is 0 Å². The number of hydrogen-bond acceptors (Lipinski definition) is 6. The lowest BCUT2D eigenvalue weighted by Crippen LogP contribution is -2.03. The lowest BCUT2D eigenvalue weighted by atomic mass is 9.98. The summed E-state index contributed by atoms with van der Waals surface area (Å²) in [7, 11) is 0. The Morgan fingerprint density at radius 2 is 1.13 bits per heavy atom. The quantitative estimate of drug-likeness (QED) is 0.181. The van der Waals surface area contributed by atoms with Crippen LogP contribution in [0.1, 0.15) is 11.1 Å². The van der Waals surface area contributed by atoms with Crippen LogP contribution in [0.15, 0.2) is 160 Å². The van der Waals surface area contributed by atoms with Gasteiger partial charge in [-0.2, -0.15) is 10.5 Å². The third-order valence-electron chi connectivity index (χ3n) is 10.5. The molecule has 4 aromatic heterocycles. The van der Waals surface area contributed by atoms with Crippen molar-refractivity contribution in [3.8, 4) is 51.7 Å². The number of benzene rings is 7. The van der Waals surface area contributed by atoms with Crippen molar-refractivity contribution >= 4 is 65.7 Å². The van der Waals surface area contributed by atoms with Gasteiger partial charge in [-0.15, -0.1) is 0 Å². The average Bonchev–Trinajstić information content (AvgIpc) is 3.93. The molecule has 0 bridgehead atoms. The minimum atomic E-state index is 0.319. The van der Waals surface area contributed by atoms with E-state index in [0.29, 0.717) is 39.6 Å². The van der Waals surface area contributed by atoms with Gasteiger partial charge in [0, 0.05) is 43.6 Å². The van der Waals surface area contributed by atoms with Crippen molar-refractivity contribution in [3.05, 3.63) is 163 Å².